The number of fused-ring (bicyclic) bond motifs is 1. The number of rotatable bonds is 3. The zero-order chi connectivity index (χ0) is 13.2. The van der Waals surface area contributed by atoms with Gasteiger partial charge in [-0.15, -0.1) is 0 Å². The zero-order valence-corrected chi connectivity index (χ0v) is 12.7. The van der Waals surface area contributed by atoms with Crippen LogP contribution in [0.1, 0.15) is 10.5 Å². The predicted molar refractivity (Wildman–Crippen MR) is 77.9 cm³/mol. The minimum atomic E-state index is -0.122. The van der Waals surface area contributed by atoms with E-state index in [0.29, 0.717) is 5.69 Å². The van der Waals surface area contributed by atoms with Gasteiger partial charge < -0.3 is 0 Å². The topological polar surface area (TPSA) is 46.4 Å². The zero-order valence-electron chi connectivity index (χ0n) is 10.2. The molecule has 0 aliphatic rings. The van der Waals surface area contributed by atoms with E-state index in [1.165, 1.54) is 4.46 Å². The molecular formula is C13H11N3OSSe. The molecule has 1 aromatic carbocycles. The first-order valence-electron chi connectivity index (χ1n) is 5.70. The summed E-state index contributed by atoms with van der Waals surface area (Å²) in [5.41, 5.74) is 0.540. The summed E-state index contributed by atoms with van der Waals surface area (Å²) in [5, 5.41) is 4.64. The van der Waals surface area contributed by atoms with E-state index in [4.69, 9.17) is 0 Å². The fourth-order valence-corrected chi connectivity index (χ4v) is 4.67. The Morgan fingerprint density at radius 1 is 1.37 bits per heavy atom. The van der Waals surface area contributed by atoms with Crippen LogP contribution in [0, 0.1) is 0 Å². The Kier molecular flexibility index (Phi) is 3.38. The van der Waals surface area contributed by atoms with Gasteiger partial charge in [0.25, 0.3) is 0 Å². The minimum absolute atomic E-state index is 0.0591. The number of nitrogens with one attached hydrogen (secondary N) is 1. The van der Waals surface area contributed by atoms with Crippen molar-refractivity contribution >= 4 is 46.2 Å². The normalized spacial score (nSPS) is 10.8. The van der Waals surface area contributed by atoms with Gasteiger partial charge in [-0.2, -0.15) is 0 Å². The average Bonchev–Trinajstić information content (AvgIpc) is 3.02. The van der Waals surface area contributed by atoms with Gasteiger partial charge in [0, 0.05) is 0 Å². The summed E-state index contributed by atoms with van der Waals surface area (Å²) in [5.74, 6) is -0.122. The molecule has 3 rings (SSSR count). The van der Waals surface area contributed by atoms with Crippen molar-refractivity contribution in [3.8, 4) is 0 Å². The summed E-state index contributed by atoms with van der Waals surface area (Å²) in [6.07, 6.45) is 1.97. The predicted octanol–water partition coefficient (Wildman–Crippen LogP) is 0.410. The second kappa shape index (κ2) is 5.17. The quantitative estimate of drug-likeness (QED) is 0.705. The van der Waals surface area contributed by atoms with Crippen molar-refractivity contribution in [1.29, 1.82) is 0 Å². The number of amides is 1. The summed E-state index contributed by atoms with van der Waals surface area (Å²) >= 11 is 1.60. The monoisotopic (exact) mass is 337 g/mol. The van der Waals surface area contributed by atoms with Crippen molar-refractivity contribution < 1.29 is 4.79 Å². The van der Waals surface area contributed by atoms with Crippen molar-refractivity contribution in [1.82, 2.24) is 14.7 Å². The summed E-state index contributed by atoms with van der Waals surface area (Å²) < 4.78 is 4.24. The van der Waals surface area contributed by atoms with E-state index in [1.807, 2.05) is 34.2 Å². The molecule has 2 aromatic heterocycles. The van der Waals surface area contributed by atoms with Gasteiger partial charge >= 0.3 is 120 Å². The fourth-order valence-electron chi connectivity index (χ4n) is 1.73. The second-order valence-electron chi connectivity index (χ2n) is 3.82. The number of benzene rings is 1. The van der Waals surface area contributed by atoms with Crippen molar-refractivity contribution in [2.75, 3.05) is 7.05 Å². The molecule has 96 valence electrons. The van der Waals surface area contributed by atoms with Crippen LogP contribution in [0.25, 0.3) is 4.96 Å². The first-order chi connectivity index (χ1) is 9.29. The maximum absolute atomic E-state index is 11.9. The molecule has 0 aliphatic carbocycles. The third-order valence-corrected chi connectivity index (χ3v) is 5.66. The van der Waals surface area contributed by atoms with E-state index in [9.17, 15) is 4.79 Å². The third-order valence-electron chi connectivity index (χ3n) is 2.62. The molecule has 0 bridgehead atoms. The van der Waals surface area contributed by atoms with E-state index in [0.717, 1.165) is 9.55 Å². The number of hydrogen-bond acceptors (Lipinski definition) is 3. The molecule has 4 nitrogen and oxygen atoms in total. The number of imidazole rings is 1. The molecule has 0 saturated carbocycles. The van der Waals surface area contributed by atoms with Gasteiger partial charge in [-0.3, -0.25) is 0 Å². The molecule has 0 aliphatic heterocycles. The van der Waals surface area contributed by atoms with Crippen LogP contribution in [-0.4, -0.2) is 37.3 Å². The van der Waals surface area contributed by atoms with Crippen molar-refractivity contribution in [2.24, 2.45) is 0 Å². The van der Waals surface area contributed by atoms with Crippen LogP contribution >= 0.6 is 11.3 Å². The van der Waals surface area contributed by atoms with Gasteiger partial charge in [0.05, 0.1) is 0 Å². The van der Waals surface area contributed by atoms with Gasteiger partial charge in [-0.1, -0.05) is 0 Å². The van der Waals surface area contributed by atoms with Crippen molar-refractivity contribution in [3.05, 3.63) is 47.6 Å². The number of carbonyl (C=O) groups excluding carboxylic acids is 1. The molecule has 0 radical (unpaired) electrons. The van der Waals surface area contributed by atoms with E-state index in [1.54, 1.807) is 18.4 Å². The molecule has 3 aromatic rings. The van der Waals surface area contributed by atoms with Crippen LogP contribution in [-0.2, 0) is 0 Å². The van der Waals surface area contributed by atoms with Gasteiger partial charge in [0.1, 0.15) is 0 Å². The Labute approximate surface area is 120 Å². The Morgan fingerprint density at radius 3 is 2.89 bits per heavy atom. The summed E-state index contributed by atoms with van der Waals surface area (Å²) in [6, 6.07) is 10.2. The van der Waals surface area contributed by atoms with E-state index in [-0.39, 0.29) is 20.9 Å². The standard InChI is InChI=1S/C13H11N3OSSe/c1-14-11(17)10-12(16-7-8-18-13(16)15-10)19-9-5-3-2-4-6-9/h2-8H,1H3,(H,14,17). The summed E-state index contributed by atoms with van der Waals surface area (Å²) in [7, 11) is 1.63. The van der Waals surface area contributed by atoms with Crippen molar-refractivity contribution in [2.45, 2.75) is 0 Å². The number of thiazole rings is 1. The Balaban J connectivity index is 2.09. The molecule has 2 heterocycles. The van der Waals surface area contributed by atoms with Gasteiger partial charge in [-0.05, 0) is 0 Å². The molecule has 6 heteroatoms. The van der Waals surface area contributed by atoms with Gasteiger partial charge in [-0.25, -0.2) is 0 Å². The SMILES string of the molecule is CNC(=O)c1nc2sccn2c1[Se]c1ccccc1. The first-order valence-corrected chi connectivity index (χ1v) is 8.29. The second-order valence-corrected chi connectivity index (χ2v) is 6.92. The molecule has 0 atom stereocenters. The molecular weight excluding hydrogens is 325 g/mol. The molecule has 19 heavy (non-hydrogen) atoms. The summed E-state index contributed by atoms with van der Waals surface area (Å²) in [6.45, 7) is 0. The molecule has 0 saturated heterocycles. The van der Waals surface area contributed by atoms with E-state index in [2.05, 4.69) is 22.4 Å². The maximum atomic E-state index is 11.9. The average molecular weight is 336 g/mol. The third kappa shape index (κ3) is 2.30. The molecule has 0 fully saturated rings. The Hall–Kier alpha value is -1.62. The van der Waals surface area contributed by atoms with E-state index >= 15 is 0 Å². The Morgan fingerprint density at radius 2 is 2.16 bits per heavy atom. The van der Waals surface area contributed by atoms with E-state index < -0.39 is 0 Å². The number of hydrogen-bond donors (Lipinski definition) is 1. The number of nitrogens with zero attached hydrogens (tertiary/aromatic N) is 2. The molecule has 0 spiro atoms. The van der Waals surface area contributed by atoms with Crippen LogP contribution < -0.4 is 14.4 Å². The fraction of sp³-hybridized carbons (Fsp3) is 0.0769. The molecule has 0 unspecified atom stereocenters. The van der Waals surface area contributed by atoms with Crippen LogP contribution in [0.4, 0.5) is 0 Å². The van der Waals surface area contributed by atoms with Gasteiger partial charge in [0.2, 0.25) is 0 Å². The number of carbonyl (C=O) groups is 1. The Bertz CT molecular complexity index is 720. The van der Waals surface area contributed by atoms with Crippen LogP contribution in [0.15, 0.2) is 41.9 Å². The molecule has 1 N–H and O–H groups in total. The summed E-state index contributed by atoms with van der Waals surface area (Å²) in [4.78, 5) is 17.2. The van der Waals surface area contributed by atoms with Crippen LogP contribution in [0.3, 0.4) is 0 Å². The van der Waals surface area contributed by atoms with Crippen LogP contribution in [0.5, 0.6) is 0 Å². The van der Waals surface area contributed by atoms with Crippen molar-refractivity contribution in [3.63, 3.8) is 0 Å². The first kappa shape index (κ1) is 12.4. The number of aromatic nitrogens is 2. The molecule has 1 amide bonds. The van der Waals surface area contributed by atoms with Gasteiger partial charge in [0.15, 0.2) is 0 Å². The van der Waals surface area contributed by atoms with Crippen LogP contribution in [0.2, 0.25) is 0 Å².